The Kier molecular flexibility index (Phi) is 8.61. The third-order valence-electron chi connectivity index (χ3n) is 7.63. The molecule has 2 saturated heterocycles. The maximum Gasteiger partial charge on any atom is 0.265 e. The van der Waals surface area contributed by atoms with Crippen LogP contribution in [0.1, 0.15) is 58.6 Å². The predicted molar refractivity (Wildman–Crippen MR) is 146 cm³/mol. The van der Waals surface area contributed by atoms with Gasteiger partial charge in [0.1, 0.15) is 18.5 Å². The van der Waals surface area contributed by atoms with Crippen molar-refractivity contribution in [2.75, 3.05) is 45.2 Å². The van der Waals surface area contributed by atoms with Crippen LogP contribution in [0.5, 0.6) is 5.75 Å². The lowest BCUT2D eigenvalue weighted by Crippen LogP contribution is -2.54. The van der Waals surface area contributed by atoms with Crippen molar-refractivity contribution in [3.63, 3.8) is 0 Å². The van der Waals surface area contributed by atoms with Crippen LogP contribution in [0.15, 0.2) is 35.7 Å². The summed E-state index contributed by atoms with van der Waals surface area (Å²) in [6, 6.07) is 8.53. The lowest BCUT2D eigenvalue weighted by molar-refractivity contribution is -0.134. The number of ether oxygens (including phenoxy) is 2. The van der Waals surface area contributed by atoms with E-state index >= 15 is 0 Å². The van der Waals surface area contributed by atoms with Crippen LogP contribution in [0.2, 0.25) is 0 Å². The molecular weight excluding hydrogens is 504 g/mol. The van der Waals surface area contributed by atoms with Gasteiger partial charge in [-0.3, -0.25) is 14.4 Å². The van der Waals surface area contributed by atoms with E-state index in [-0.39, 0.29) is 42.6 Å². The first kappa shape index (κ1) is 26.6. The van der Waals surface area contributed by atoms with Gasteiger partial charge in [-0.25, -0.2) is 0 Å². The number of nitrogens with one attached hydrogen (secondary N) is 2. The molecule has 2 aromatic rings. The number of rotatable bonds is 7. The molecule has 3 aliphatic rings. The van der Waals surface area contributed by atoms with Gasteiger partial charge < -0.3 is 29.9 Å². The molecule has 3 aliphatic heterocycles. The summed E-state index contributed by atoms with van der Waals surface area (Å²) in [4.78, 5) is 43.2. The summed E-state index contributed by atoms with van der Waals surface area (Å²) in [5.41, 5.74) is 0.945. The predicted octanol–water partition coefficient (Wildman–Crippen LogP) is 3.37. The van der Waals surface area contributed by atoms with Crippen LogP contribution in [-0.4, -0.2) is 85.6 Å². The minimum atomic E-state index is -0.324. The number of hydrogen-bond acceptors (Lipinski definition) is 7. The van der Waals surface area contributed by atoms with E-state index in [2.05, 4.69) is 15.5 Å². The number of hydrogen-bond donors (Lipinski definition) is 2. The Morgan fingerprint density at radius 2 is 1.97 bits per heavy atom. The molecule has 9 nitrogen and oxygen atoms in total. The molecule has 0 spiro atoms. The fraction of sp³-hybridized carbons (Fsp3) is 0.536. The fourth-order valence-corrected chi connectivity index (χ4v) is 6.14. The van der Waals surface area contributed by atoms with E-state index in [1.165, 1.54) is 30.6 Å². The minimum Gasteiger partial charge on any atom is -0.490 e. The third kappa shape index (κ3) is 6.36. The van der Waals surface area contributed by atoms with Crippen molar-refractivity contribution in [1.29, 1.82) is 0 Å². The molecule has 204 valence electrons. The average molecular weight is 541 g/mol. The number of likely N-dealkylation sites (N-methyl/N-ethyl adjacent to an activating group) is 1. The quantitative estimate of drug-likeness (QED) is 0.559. The van der Waals surface area contributed by atoms with Crippen molar-refractivity contribution in [3.05, 3.63) is 46.2 Å². The van der Waals surface area contributed by atoms with Crippen LogP contribution in [0.4, 0.5) is 5.69 Å². The van der Waals surface area contributed by atoms with E-state index in [1.54, 1.807) is 36.2 Å². The monoisotopic (exact) mass is 540 g/mol. The highest BCUT2D eigenvalue weighted by atomic mass is 32.1. The Balaban J connectivity index is 1.17. The first-order chi connectivity index (χ1) is 18.5. The highest BCUT2D eigenvalue weighted by molar-refractivity contribution is 7.12. The van der Waals surface area contributed by atoms with Crippen molar-refractivity contribution in [2.24, 2.45) is 0 Å². The van der Waals surface area contributed by atoms with Crippen molar-refractivity contribution >= 4 is 34.7 Å². The van der Waals surface area contributed by atoms with Gasteiger partial charge in [0.05, 0.1) is 29.0 Å². The highest BCUT2D eigenvalue weighted by Crippen LogP contribution is 2.32. The number of fused-ring (bicyclic) bond motifs is 2. The molecule has 0 radical (unpaired) electrons. The second kappa shape index (κ2) is 12.3. The van der Waals surface area contributed by atoms with E-state index in [0.717, 1.165) is 26.1 Å². The second-order valence-electron chi connectivity index (χ2n) is 10.3. The number of benzene rings is 1. The zero-order chi connectivity index (χ0) is 26.5. The van der Waals surface area contributed by atoms with Gasteiger partial charge in [-0.05, 0) is 68.4 Å². The Bertz CT molecular complexity index is 1130. The van der Waals surface area contributed by atoms with Crippen molar-refractivity contribution in [2.45, 2.75) is 56.8 Å². The average Bonchev–Trinajstić information content (AvgIpc) is 3.47. The highest BCUT2D eigenvalue weighted by Gasteiger charge is 2.39. The lowest BCUT2D eigenvalue weighted by atomic mass is 9.94. The van der Waals surface area contributed by atoms with Crippen LogP contribution in [0.3, 0.4) is 0 Å². The van der Waals surface area contributed by atoms with E-state index in [0.29, 0.717) is 41.3 Å². The number of nitrogens with zero attached hydrogens (tertiary/aromatic N) is 2. The summed E-state index contributed by atoms with van der Waals surface area (Å²) >= 11 is 1.36. The molecule has 4 heterocycles. The van der Waals surface area contributed by atoms with Crippen molar-refractivity contribution in [1.82, 2.24) is 15.1 Å². The number of anilines is 1. The number of amides is 3. The Morgan fingerprint density at radius 3 is 2.76 bits per heavy atom. The first-order valence-electron chi connectivity index (χ1n) is 13.5. The van der Waals surface area contributed by atoms with Crippen LogP contribution in [0, 0.1) is 0 Å². The maximum atomic E-state index is 13.4. The van der Waals surface area contributed by atoms with Gasteiger partial charge in [0.15, 0.2) is 0 Å². The van der Waals surface area contributed by atoms with Gasteiger partial charge in [0.25, 0.3) is 11.8 Å². The van der Waals surface area contributed by atoms with Gasteiger partial charge in [-0.2, -0.15) is 0 Å². The van der Waals surface area contributed by atoms with Gasteiger partial charge in [-0.15, -0.1) is 11.3 Å². The molecule has 0 unspecified atom stereocenters. The molecule has 5 rings (SSSR count). The van der Waals surface area contributed by atoms with Gasteiger partial charge in [0.2, 0.25) is 5.91 Å². The molecule has 10 heteroatoms. The number of carbonyl (C=O) groups is 3. The fourth-order valence-electron chi connectivity index (χ4n) is 5.52. The number of likely N-dealkylation sites (tertiary alicyclic amines) is 1. The number of piperidine rings is 1. The van der Waals surface area contributed by atoms with Gasteiger partial charge in [0, 0.05) is 25.8 Å². The summed E-state index contributed by atoms with van der Waals surface area (Å²) in [7, 11) is 1.78. The molecule has 2 fully saturated rings. The summed E-state index contributed by atoms with van der Waals surface area (Å²) in [5, 5.41) is 7.75. The van der Waals surface area contributed by atoms with E-state index in [1.807, 2.05) is 11.4 Å². The topological polar surface area (TPSA) is 100 Å². The smallest absolute Gasteiger partial charge is 0.265 e. The lowest BCUT2D eigenvalue weighted by Gasteiger charge is -2.42. The number of carbonyl (C=O) groups excluding carboxylic acids is 3. The summed E-state index contributed by atoms with van der Waals surface area (Å²) in [6.45, 7) is 4.06. The molecule has 1 aromatic heterocycles. The summed E-state index contributed by atoms with van der Waals surface area (Å²) < 4.78 is 12.3. The minimum absolute atomic E-state index is 0.00382. The second-order valence-corrected chi connectivity index (χ2v) is 11.2. The third-order valence-corrected chi connectivity index (χ3v) is 8.50. The molecule has 0 saturated carbocycles. The molecule has 3 amide bonds. The van der Waals surface area contributed by atoms with E-state index < -0.39 is 0 Å². The normalized spacial score (nSPS) is 23.9. The van der Waals surface area contributed by atoms with Crippen LogP contribution < -0.4 is 15.4 Å². The molecule has 3 atom stereocenters. The standard InChI is InChI=1S/C28H36N4O5S/c1-31-22-9-8-20(17-26(33)29-11-14-32-12-3-2-4-13-32)37-24(22)18-36-23-10-7-19(16-21(23)28(31)35)30-27(34)25-6-5-15-38-25/h5-7,10,15-16,20,22,24H,2-4,8-9,11-14,17-18H2,1H3,(H,29,33)(H,30,34)/t20-,22+,24-/m1/s1. The van der Waals surface area contributed by atoms with Crippen LogP contribution in [-0.2, 0) is 9.53 Å². The summed E-state index contributed by atoms with van der Waals surface area (Å²) in [5.74, 6) is 0.0639. The molecular formula is C28H36N4O5S. The van der Waals surface area contributed by atoms with E-state index in [4.69, 9.17) is 9.47 Å². The molecule has 0 aliphatic carbocycles. The van der Waals surface area contributed by atoms with Gasteiger partial charge >= 0.3 is 0 Å². The molecule has 1 aromatic carbocycles. The summed E-state index contributed by atoms with van der Waals surface area (Å²) in [6.07, 6.45) is 4.99. The van der Waals surface area contributed by atoms with Gasteiger partial charge in [-0.1, -0.05) is 12.5 Å². The zero-order valence-corrected chi connectivity index (χ0v) is 22.6. The van der Waals surface area contributed by atoms with Crippen LogP contribution >= 0.6 is 11.3 Å². The van der Waals surface area contributed by atoms with Crippen molar-refractivity contribution < 1.29 is 23.9 Å². The SMILES string of the molecule is CN1C(=O)c2cc(NC(=O)c3cccs3)ccc2OC[C@H]2O[C@@H](CC(=O)NCCN3CCCCC3)CC[C@@H]21. The first-order valence-corrected chi connectivity index (χ1v) is 14.4. The molecule has 2 N–H and O–H groups in total. The van der Waals surface area contributed by atoms with E-state index in [9.17, 15) is 14.4 Å². The Labute approximate surface area is 227 Å². The van der Waals surface area contributed by atoms with Crippen LogP contribution in [0.25, 0.3) is 0 Å². The maximum absolute atomic E-state index is 13.4. The Hall–Kier alpha value is -2.95. The van der Waals surface area contributed by atoms with Crippen molar-refractivity contribution in [3.8, 4) is 5.75 Å². The zero-order valence-electron chi connectivity index (χ0n) is 21.8. The molecule has 38 heavy (non-hydrogen) atoms. The number of thiophene rings is 1. The Morgan fingerprint density at radius 1 is 1.13 bits per heavy atom. The molecule has 0 bridgehead atoms. The largest absolute Gasteiger partial charge is 0.490 e.